The van der Waals surface area contributed by atoms with Crippen molar-refractivity contribution in [3.8, 4) is 0 Å². The predicted molar refractivity (Wildman–Crippen MR) is 127 cm³/mol. The van der Waals surface area contributed by atoms with Crippen LogP contribution in [0.5, 0.6) is 0 Å². The molecule has 0 aliphatic carbocycles. The van der Waals surface area contributed by atoms with Gasteiger partial charge in [-0.25, -0.2) is 4.99 Å². The quantitative estimate of drug-likeness (QED) is 0.494. The molecule has 0 radical (unpaired) electrons. The lowest BCUT2D eigenvalue weighted by atomic mass is 10.2. The van der Waals surface area contributed by atoms with E-state index in [1.54, 1.807) is 24.3 Å². The minimum atomic E-state index is -4.52. The number of amidine groups is 1. The number of carbonyl (C=O) groups excluding carboxylic acids is 2. The Morgan fingerprint density at radius 3 is 2.35 bits per heavy atom. The van der Waals surface area contributed by atoms with Gasteiger partial charge >= 0.3 is 6.18 Å². The van der Waals surface area contributed by atoms with E-state index in [0.29, 0.717) is 5.69 Å². The first kappa shape index (κ1) is 23.6. The number of hydrogen-bond acceptors (Lipinski definition) is 4. The summed E-state index contributed by atoms with van der Waals surface area (Å²) in [6.45, 7) is 0.192. The topological polar surface area (TPSA) is 61.8 Å². The van der Waals surface area contributed by atoms with E-state index < -0.39 is 17.0 Å². The summed E-state index contributed by atoms with van der Waals surface area (Å²) in [5, 5.41) is 2.18. The van der Waals surface area contributed by atoms with Crippen LogP contribution in [0.1, 0.15) is 17.5 Å². The maximum atomic E-state index is 13.2. The summed E-state index contributed by atoms with van der Waals surface area (Å²) in [5.41, 5.74) is 0.630. The van der Waals surface area contributed by atoms with Gasteiger partial charge in [-0.15, -0.1) is 0 Å². The lowest BCUT2D eigenvalue weighted by Crippen LogP contribution is -2.44. The Labute approximate surface area is 198 Å². The zero-order valence-electron chi connectivity index (χ0n) is 17.8. The monoisotopic (exact) mass is 483 g/mol. The fourth-order valence-corrected chi connectivity index (χ4v) is 4.47. The highest BCUT2D eigenvalue weighted by Gasteiger charge is 2.36. The lowest BCUT2D eigenvalue weighted by Gasteiger charge is -2.32. The molecule has 1 saturated heterocycles. The molecule has 1 aliphatic heterocycles. The highest BCUT2D eigenvalue weighted by Crippen LogP contribution is 2.34. The third-order valence-corrected chi connectivity index (χ3v) is 6.24. The molecule has 0 bridgehead atoms. The number of carbonyl (C=O) groups is 2. The molecule has 4 rings (SSSR count). The zero-order chi connectivity index (χ0) is 24.1. The normalized spacial score (nSPS) is 17.6. The van der Waals surface area contributed by atoms with Crippen LogP contribution in [0.15, 0.2) is 89.9 Å². The van der Waals surface area contributed by atoms with Crippen molar-refractivity contribution in [1.29, 1.82) is 0 Å². The van der Waals surface area contributed by atoms with Crippen LogP contribution in [-0.2, 0) is 22.3 Å². The summed E-state index contributed by atoms with van der Waals surface area (Å²) in [6.07, 6.45) is -4.58. The van der Waals surface area contributed by atoms with Gasteiger partial charge in [-0.3, -0.25) is 14.5 Å². The summed E-state index contributed by atoms with van der Waals surface area (Å²) in [6, 6.07) is 22.6. The largest absolute Gasteiger partial charge is 0.416 e. The van der Waals surface area contributed by atoms with Crippen LogP contribution >= 0.6 is 11.8 Å². The zero-order valence-corrected chi connectivity index (χ0v) is 18.6. The minimum absolute atomic E-state index is 0.0484. The molecule has 1 fully saturated rings. The molecule has 0 saturated carbocycles. The van der Waals surface area contributed by atoms with E-state index in [0.717, 1.165) is 29.5 Å². The first-order valence-corrected chi connectivity index (χ1v) is 11.3. The van der Waals surface area contributed by atoms with E-state index in [2.05, 4.69) is 10.3 Å². The molecule has 0 aromatic heterocycles. The molecule has 1 aliphatic rings. The molecule has 1 atom stereocenters. The third kappa shape index (κ3) is 5.85. The number of aliphatic imine (C=N–C) groups is 1. The summed E-state index contributed by atoms with van der Waals surface area (Å²) in [5.74, 6) is -0.706. The van der Waals surface area contributed by atoms with E-state index >= 15 is 0 Å². The first-order chi connectivity index (χ1) is 16.3. The molecule has 34 heavy (non-hydrogen) atoms. The summed E-state index contributed by atoms with van der Waals surface area (Å²) >= 11 is 1.06. The second kappa shape index (κ2) is 10.1. The van der Waals surface area contributed by atoms with Gasteiger partial charge in [0.25, 0.3) is 0 Å². The molecule has 3 aromatic carbocycles. The van der Waals surface area contributed by atoms with Crippen LogP contribution in [0.3, 0.4) is 0 Å². The van der Waals surface area contributed by atoms with Crippen molar-refractivity contribution < 1.29 is 22.8 Å². The average Bonchev–Trinajstić information content (AvgIpc) is 2.82. The molecule has 2 amide bonds. The van der Waals surface area contributed by atoms with Crippen LogP contribution in [0, 0.1) is 0 Å². The summed E-state index contributed by atoms with van der Waals surface area (Å²) in [4.78, 5) is 31.7. The van der Waals surface area contributed by atoms with E-state index in [4.69, 9.17) is 0 Å². The first-order valence-electron chi connectivity index (χ1n) is 10.4. The molecule has 1 unspecified atom stereocenters. The van der Waals surface area contributed by atoms with E-state index in [-0.39, 0.29) is 35.6 Å². The van der Waals surface area contributed by atoms with Crippen molar-refractivity contribution in [3.63, 3.8) is 0 Å². The molecule has 1 N–H and O–H groups in total. The van der Waals surface area contributed by atoms with Gasteiger partial charge in [0.05, 0.1) is 17.8 Å². The number of halogens is 3. The van der Waals surface area contributed by atoms with Gasteiger partial charge in [-0.05, 0) is 35.9 Å². The summed E-state index contributed by atoms with van der Waals surface area (Å²) in [7, 11) is 0. The number of anilines is 1. The molecule has 0 spiro atoms. The van der Waals surface area contributed by atoms with Gasteiger partial charge in [0.2, 0.25) is 11.8 Å². The van der Waals surface area contributed by atoms with Crippen LogP contribution < -0.4 is 5.32 Å². The van der Waals surface area contributed by atoms with Gasteiger partial charge in [-0.2, -0.15) is 13.2 Å². The Morgan fingerprint density at radius 1 is 1.00 bits per heavy atom. The number of nitrogens with zero attached hydrogens (tertiary/aromatic N) is 2. The smallest absolute Gasteiger partial charge is 0.325 e. The molecule has 3 aromatic rings. The van der Waals surface area contributed by atoms with Crippen molar-refractivity contribution >= 4 is 40.1 Å². The van der Waals surface area contributed by atoms with Gasteiger partial charge in [-0.1, -0.05) is 66.4 Å². The van der Waals surface area contributed by atoms with Crippen molar-refractivity contribution in [2.75, 3.05) is 5.32 Å². The molecular weight excluding hydrogens is 463 g/mol. The Hall–Kier alpha value is -3.59. The number of nitrogens with one attached hydrogen (secondary N) is 1. The highest BCUT2D eigenvalue weighted by atomic mass is 32.2. The maximum Gasteiger partial charge on any atom is 0.416 e. The van der Waals surface area contributed by atoms with Crippen LogP contribution in [0.2, 0.25) is 0 Å². The van der Waals surface area contributed by atoms with Crippen LogP contribution in [0.4, 0.5) is 24.5 Å². The van der Waals surface area contributed by atoms with E-state index in [1.807, 2.05) is 36.4 Å². The number of amides is 2. The summed E-state index contributed by atoms with van der Waals surface area (Å²) < 4.78 is 39.5. The highest BCUT2D eigenvalue weighted by molar-refractivity contribution is 8.15. The Kier molecular flexibility index (Phi) is 7.02. The third-order valence-electron chi connectivity index (χ3n) is 5.06. The van der Waals surface area contributed by atoms with E-state index in [1.165, 1.54) is 17.0 Å². The number of rotatable bonds is 5. The second-order valence-corrected chi connectivity index (χ2v) is 8.74. The number of benzene rings is 3. The lowest BCUT2D eigenvalue weighted by molar-refractivity contribution is -0.137. The number of para-hydroxylation sites is 1. The molecule has 9 heteroatoms. The van der Waals surface area contributed by atoms with Crippen LogP contribution in [0.25, 0.3) is 0 Å². The Morgan fingerprint density at radius 2 is 1.68 bits per heavy atom. The van der Waals surface area contributed by atoms with Crippen molar-refractivity contribution in [2.24, 2.45) is 4.99 Å². The number of hydrogen-bond donors (Lipinski definition) is 1. The van der Waals surface area contributed by atoms with Gasteiger partial charge < -0.3 is 5.32 Å². The predicted octanol–water partition coefficient (Wildman–Crippen LogP) is 5.87. The number of alkyl halides is 3. The SMILES string of the molecule is O=C(Nc1ccccc1)C1CC(=O)N(Cc2ccccc2)C(=Nc2cccc(C(F)(F)F)c2)S1. The fourth-order valence-electron chi connectivity index (χ4n) is 3.37. The second-order valence-electron chi connectivity index (χ2n) is 7.57. The van der Waals surface area contributed by atoms with Gasteiger partial charge in [0.1, 0.15) is 5.25 Å². The Balaban J connectivity index is 1.64. The van der Waals surface area contributed by atoms with Gasteiger partial charge in [0, 0.05) is 12.1 Å². The minimum Gasteiger partial charge on any atom is -0.325 e. The molecular formula is C25H20F3N3O2S. The molecule has 5 nitrogen and oxygen atoms in total. The Bertz CT molecular complexity index is 1200. The van der Waals surface area contributed by atoms with Crippen molar-refractivity contribution in [1.82, 2.24) is 4.90 Å². The van der Waals surface area contributed by atoms with Crippen LogP contribution in [-0.4, -0.2) is 27.1 Å². The molecule has 174 valence electrons. The molecule has 1 heterocycles. The van der Waals surface area contributed by atoms with Crippen molar-refractivity contribution in [2.45, 2.75) is 24.4 Å². The maximum absolute atomic E-state index is 13.2. The number of thioether (sulfide) groups is 1. The van der Waals surface area contributed by atoms with Gasteiger partial charge in [0.15, 0.2) is 5.17 Å². The van der Waals surface area contributed by atoms with E-state index in [9.17, 15) is 22.8 Å². The fraction of sp³-hybridized carbons (Fsp3) is 0.160. The van der Waals surface area contributed by atoms with Crippen molar-refractivity contribution in [3.05, 3.63) is 96.1 Å². The standard InChI is InChI=1S/C25H20F3N3O2S/c26-25(27,28)18-10-7-13-20(14-18)30-24-31(16-17-8-3-1-4-9-17)22(32)15-21(34-24)23(33)29-19-11-5-2-6-12-19/h1-14,21H,15-16H2,(H,29,33). The average molecular weight is 484 g/mol.